The van der Waals surface area contributed by atoms with Gasteiger partial charge in [0.15, 0.2) is 0 Å². The highest BCUT2D eigenvalue weighted by molar-refractivity contribution is 7.99. The van der Waals surface area contributed by atoms with Crippen LogP contribution in [0.1, 0.15) is 24.5 Å². The topological polar surface area (TPSA) is 50.2 Å². The van der Waals surface area contributed by atoms with Gasteiger partial charge in [0.1, 0.15) is 5.82 Å². The fourth-order valence-electron chi connectivity index (χ4n) is 2.14. The minimum atomic E-state index is 0.000599. The van der Waals surface area contributed by atoms with Crippen molar-refractivity contribution in [3.05, 3.63) is 11.8 Å². The summed E-state index contributed by atoms with van der Waals surface area (Å²) in [4.78, 5) is 14.0. The zero-order chi connectivity index (χ0) is 12.5. The van der Waals surface area contributed by atoms with E-state index in [1.165, 1.54) is 12.8 Å². The molecule has 0 spiro atoms. The zero-order valence-corrected chi connectivity index (χ0v) is 11.4. The number of rotatable bonds is 2. The standard InChI is InChI=1S/C12H18N4OS/c1-15-11(8-10(14-15)9-2-3-9)13-12(17)16-4-6-18-7-5-16/h8-9H,2-7H2,1H3,(H,13,17). The van der Waals surface area contributed by atoms with E-state index in [4.69, 9.17) is 0 Å². The van der Waals surface area contributed by atoms with Crippen molar-refractivity contribution in [1.29, 1.82) is 0 Å². The largest absolute Gasteiger partial charge is 0.323 e. The van der Waals surface area contributed by atoms with Gasteiger partial charge in [-0.1, -0.05) is 0 Å². The molecule has 2 amide bonds. The molecule has 1 saturated carbocycles. The molecule has 6 heteroatoms. The van der Waals surface area contributed by atoms with Gasteiger partial charge in [-0.25, -0.2) is 4.79 Å². The van der Waals surface area contributed by atoms with Crippen molar-refractivity contribution in [2.45, 2.75) is 18.8 Å². The van der Waals surface area contributed by atoms with Crippen molar-refractivity contribution in [3.63, 3.8) is 0 Å². The Morgan fingerprint density at radius 2 is 2.17 bits per heavy atom. The second kappa shape index (κ2) is 4.84. The average molecular weight is 266 g/mol. The quantitative estimate of drug-likeness (QED) is 0.889. The normalized spacial score (nSPS) is 19.9. The Balaban J connectivity index is 1.65. The van der Waals surface area contributed by atoms with E-state index in [0.717, 1.165) is 36.1 Å². The lowest BCUT2D eigenvalue weighted by atomic mass is 10.3. The van der Waals surface area contributed by atoms with Crippen LogP contribution in [0.4, 0.5) is 10.6 Å². The number of amides is 2. The summed E-state index contributed by atoms with van der Waals surface area (Å²) in [7, 11) is 1.88. The van der Waals surface area contributed by atoms with E-state index in [9.17, 15) is 4.79 Å². The second-order valence-electron chi connectivity index (χ2n) is 4.88. The molecule has 1 aliphatic carbocycles. The van der Waals surface area contributed by atoms with E-state index in [0.29, 0.717) is 5.92 Å². The van der Waals surface area contributed by atoms with Gasteiger partial charge in [0, 0.05) is 43.6 Å². The molecule has 98 valence electrons. The number of carbonyl (C=O) groups is 1. The van der Waals surface area contributed by atoms with Gasteiger partial charge in [-0.15, -0.1) is 0 Å². The van der Waals surface area contributed by atoms with Crippen LogP contribution in [0.25, 0.3) is 0 Å². The van der Waals surface area contributed by atoms with Gasteiger partial charge >= 0.3 is 6.03 Å². The van der Waals surface area contributed by atoms with Crippen molar-refractivity contribution >= 4 is 23.6 Å². The van der Waals surface area contributed by atoms with Gasteiger partial charge in [-0.2, -0.15) is 16.9 Å². The monoisotopic (exact) mass is 266 g/mol. The molecule has 0 aromatic carbocycles. The Morgan fingerprint density at radius 3 is 2.83 bits per heavy atom. The summed E-state index contributed by atoms with van der Waals surface area (Å²) < 4.78 is 1.77. The minimum absolute atomic E-state index is 0.000599. The number of hydrogen-bond donors (Lipinski definition) is 1. The highest BCUT2D eigenvalue weighted by Crippen LogP contribution is 2.39. The molecule has 0 radical (unpaired) electrons. The van der Waals surface area contributed by atoms with Crippen molar-refractivity contribution in [1.82, 2.24) is 14.7 Å². The fraction of sp³-hybridized carbons (Fsp3) is 0.667. The van der Waals surface area contributed by atoms with Crippen molar-refractivity contribution in [3.8, 4) is 0 Å². The molecular formula is C12H18N4OS. The first-order chi connectivity index (χ1) is 8.74. The number of nitrogens with one attached hydrogen (secondary N) is 1. The third-order valence-corrected chi connectivity index (χ3v) is 4.37. The number of nitrogens with zero attached hydrogens (tertiary/aromatic N) is 3. The molecular weight excluding hydrogens is 248 g/mol. The maximum atomic E-state index is 12.1. The lowest BCUT2D eigenvalue weighted by molar-refractivity contribution is 0.217. The fourth-order valence-corrected chi connectivity index (χ4v) is 3.04. The van der Waals surface area contributed by atoms with E-state index in [2.05, 4.69) is 10.4 Å². The van der Waals surface area contributed by atoms with E-state index in [1.807, 2.05) is 29.8 Å². The van der Waals surface area contributed by atoms with Gasteiger partial charge in [0.05, 0.1) is 5.69 Å². The van der Waals surface area contributed by atoms with Crippen LogP contribution in [0.15, 0.2) is 6.07 Å². The predicted molar refractivity (Wildman–Crippen MR) is 73.1 cm³/mol. The van der Waals surface area contributed by atoms with Crippen LogP contribution < -0.4 is 5.32 Å². The Bertz CT molecular complexity index is 449. The molecule has 0 atom stereocenters. The molecule has 2 aliphatic rings. The Labute approximate surface area is 111 Å². The lowest BCUT2D eigenvalue weighted by Crippen LogP contribution is -2.40. The number of anilines is 1. The molecule has 0 bridgehead atoms. The number of hydrogen-bond acceptors (Lipinski definition) is 3. The van der Waals surface area contributed by atoms with Gasteiger partial charge < -0.3 is 4.90 Å². The summed E-state index contributed by atoms with van der Waals surface area (Å²) in [5.74, 6) is 3.49. The summed E-state index contributed by atoms with van der Waals surface area (Å²) in [6.07, 6.45) is 2.46. The highest BCUT2D eigenvalue weighted by atomic mass is 32.2. The Hall–Kier alpha value is -1.17. The predicted octanol–water partition coefficient (Wildman–Crippen LogP) is 1.88. The van der Waals surface area contributed by atoms with E-state index in [-0.39, 0.29) is 6.03 Å². The van der Waals surface area contributed by atoms with E-state index in [1.54, 1.807) is 4.68 Å². The molecule has 1 aliphatic heterocycles. The van der Waals surface area contributed by atoms with Crippen LogP contribution in [0.3, 0.4) is 0 Å². The first-order valence-electron chi connectivity index (χ1n) is 6.41. The van der Waals surface area contributed by atoms with Crippen LogP contribution in [-0.4, -0.2) is 45.3 Å². The number of thioether (sulfide) groups is 1. The highest BCUT2D eigenvalue weighted by Gasteiger charge is 2.27. The van der Waals surface area contributed by atoms with Gasteiger partial charge in [0.25, 0.3) is 0 Å². The molecule has 1 aromatic heterocycles. The third-order valence-electron chi connectivity index (χ3n) is 3.43. The summed E-state index contributed by atoms with van der Waals surface area (Å²) in [6.45, 7) is 1.67. The number of urea groups is 1. The summed E-state index contributed by atoms with van der Waals surface area (Å²) in [6, 6.07) is 2.01. The van der Waals surface area contributed by atoms with Crippen LogP contribution in [0.5, 0.6) is 0 Å². The molecule has 5 nitrogen and oxygen atoms in total. The van der Waals surface area contributed by atoms with Crippen LogP contribution in [0, 0.1) is 0 Å². The van der Waals surface area contributed by atoms with E-state index >= 15 is 0 Å². The first kappa shape index (κ1) is 11.9. The molecule has 3 rings (SSSR count). The van der Waals surface area contributed by atoms with Crippen LogP contribution in [0.2, 0.25) is 0 Å². The summed E-state index contributed by atoms with van der Waals surface area (Å²) in [5, 5.41) is 7.41. The molecule has 1 saturated heterocycles. The number of aromatic nitrogens is 2. The first-order valence-corrected chi connectivity index (χ1v) is 7.57. The Morgan fingerprint density at radius 1 is 1.44 bits per heavy atom. The minimum Gasteiger partial charge on any atom is -0.323 e. The second-order valence-corrected chi connectivity index (χ2v) is 6.11. The summed E-state index contributed by atoms with van der Waals surface area (Å²) in [5.41, 5.74) is 1.11. The van der Waals surface area contributed by atoms with Gasteiger partial charge in [0.2, 0.25) is 0 Å². The smallest absolute Gasteiger partial charge is 0.323 e. The molecule has 0 unspecified atom stereocenters. The van der Waals surface area contributed by atoms with Crippen molar-refractivity contribution in [2.24, 2.45) is 7.05 Å². The van der Waals surface area contributed by atoms with E-state index < -0.39 is 0 Å². The number of aryl methyl sites for hydroxylation is 1. The van der Waals surface area contributed by atoms with Crippen molar-refractivity contribution in [2.75, 3.05) is 29.9 Å². The molecule has 2 heterocycles. The zero-order valence-electron chi connectivity index (χ0n) is 10.6. The SMILES string of the molecule is Cn1nc(C2CC2)cc1NC(=O)N1CCSCC1. The van der Waals surface area contributed by atoms with Crippen LogP contribution in [-0.2, 0) is 7.05 Å². The maximum Gasteiger partial charge on any atom is 0.323 e. The summed E-state index contributed by atoms with van der Waals surface area (Å²) >= 11 is 1.90. The maximum absolute atomic E-state index is 12.1. The van der Waals surface area contributed by atoms with Crippen LogP contribution >= 0.6 is 11.8 Å². The van der Waals surface area contributed by atoms with Gasteiger partial charge in [-0.05, 0) is 12.8 Å². The molecule has 1 aromatic rings. The average Bonchev–Trinajstić information content (AvgIpc) is 3.17. The Kier molecular flexibility index (Phi) is 3.20. The van der Waals surface area contributed by atoms with Gasteiger partial charge in [-0.3, -0.25) is 10.00 Å². The van der Waals surface area contributed by atoms with Crippen molar-refractivity contribution < 1.29 is 4.79 Å². The lowest BCUT2D eigenvalue weighted by Gasteiger charge is -2.26. The third kappa shape index (κ3) is 2.48. The molecule has 2 fully saturated rings. The molecule has 1 N–H and O–H groups in total. The molecule has 18 heavy (non-hydrogen) atoms. The number of carbonyl (C=O) groups excluding carboxylic acids is 1.